The minimum atomic E-state index is 0.472. The lowest BCUT2D eigenvalue weighted by Gasteiger charge is -2.16. The molecule has 5 nitrogen and oxygen atoms in total. The van der Waals surface area contributed by atoms with E-state index in [1.807, 2.05) is 26.2 Å². The van der Waals surface area contributed by atoms with E-state index in [0.29, 0.717) is 5.92 Å². The summed E-state index contributed by atoms with van der Waals surface area (Å²) in [4.78, 5) is 6.41. The number of aliphatic imine (C=N–C) groups is 1. The lowest BCUT2D eigenvalue weighted by atomic mass is 9.98. The summed E-state index contributed by atoms with van der Waals surface area (Å²) in [6.45, 7) is 3.86. The molecule has 0 bridgehead atoms. The van der Waals surface area contributed by atoms with Gasteiger partial charge in [0.2, 0.25) is 0 Å². The summed E-state index contributed by atoms with van der Waals surface area (Å²) in [5, 5.41) is 6.77. The molecule has 0 aliphatic carbocycles. The second-order valence-electron chi connectivity index (χ2n) is 6.88. The molecule has 1 atom stereocenters. The summed E-state index contributed by atoms with van der Waals surface area (Å²) in [5.74, 6) is 2.20. The molecule has 0 heterocycles. The standard InChI is InChI=1S/C22H32N4O/c1-17(19-8-12-21(27-5)13-9-19)14-15-24-22(23-2)25-16-18-6-10-20(11-7-18)26(3)4/h6-13,17H,14-16H2,1-5H3,(H2,23,24,25). The maximum atomic E-state index is 5.22. The predicted molar refractivity (Wildman–Crippen MR) is 115 cm³/mol. The topological polar surface area (TPSA) is 48.9 Å². The van der Waals surface area contributed by atoms with Crippen LogP contribution in [0.5, 0.6) is 5.75 Å². The summed E-state index contributed by atoms with van der Waals surface area (Å²) >= 11 is 0. The van der Waals surface area contributed by atoms with Crippen LogP contribution in [0.1, 0.15) is 30.4 Å². The van der Waals surface area contributed by atoms with Crippen molar-refractivity contribution in [2.75, 3.05) is 39.7 Å². The van der Waals surface area contributed by atoms with E-state index in [1.54, 1.807) is 14.2 Å². The Hall–Kier alpha value is -2.69. The Morgan fingerprint density at radius 2 is 1.70 bits per heavy atom. The van der Waals surface area contributed by atoms with Gasteiger partial charge in [-0.2, -0.15) is 0 Å². The monoisotopic (exact) mass is 368 g/mol. The van der Waals surface area contributed by atoms with Crippen LogP contribution >= 0.6 is 0 Å². The number of hydrogen-bond acceptors (Lipinski definition) is 3. The third kappa shape index (κ3) is 6.51. The molecular weight excluding hydrogens is 336 g/mol. The molecule has 2 N–H and O–H groups in total. The van der Waals surface area contributed by atoms with Crippen molar-refractivity contribution < 1.29 is 4.74 Å². The van der Waals surface area contributed by atoms with Crippen molar-refractivity contribution in [2.24, 2.45) is 4.99 Å². The Bertz CT molecular complexity index is 708. The van der Waals surface area contributed by atoms with Crippen LogP contribution in [0.15, 0.2) is 53.5 Å². The van der Waals surface area contributed by atoms with Crippen LogP contribution in [-0.2, 0) is 6.54 Å². The first-order valence-electron chi connectivity index (χ1n) is 9.38. The highest BCUT2D eigenvalue weighted by molar-refractivity contribution is 5.79. The van der Waals surface area contributed by atoms with Crippen molar-refractivity contribution in [1.82, 2.24) is 10.6 Å². The summed E-state index contributed by atoms with van der Waals surface area (Å²) < 4.78 is 5.22. The van der Waals surface area contributed by atoms with Gasteiger partial charge in [-0.3, -0.25) is 4.99 Å². The largest absolute Gasteiger partial charge is 0.497 e. The highest BCUT2D eigenvalue weighted by Gasteiger charge is 2.06. The minimum Gasteiger partial charge on any atom is -0.497 e. The molecule has 0 saturated heterocycles. The van der Waals surface area contributed by atoms with Crippen LogP contribution in [0, 0.1) is 0 Å². The van der Waals surface area contributed by atoms with Crippen molar-refractivity contribution in [2.45, 2.75) is 25.8 Å². The molecule has 0 aliphatic rings. The van der Waals surface area contributed by atoms with Crippen molar-refractivity contribution in [3.63, 3.8) is 0 Å². The molecule has 0 fully saturated rings. The first-order chi connectivity index (χ1) is 13.0. The Balaban J connectivity index is 1.76. The zero-order chi connectivity index (χ0) is 19.6. The molecule has 0 spiro atoms. The van der Waals surface area contributed by atoms with Gasteiger partial charge in [-0.1, -0.05) is 31.2 Å². The number of benzene rings is 2. The third-order valence-corrected chi connectivity index (χ3v) is 4.69. The number of nitrogens with zero attached hydrogens (tertiary/aromatic N) is 2. The normalized spacial score (nSPS) is 12.4. The molecule has 2 aromatic rings. The van der Waals surface area contributed by atoms with Crippen LogP contribution in [0.2, 0.25) is 0 Å². The van der Waals surface area contributed by atoms with E-state index in [2.05, 4.69) is 63.8 Å². The molecule has 0 aromatic heterocycles. The average molecular weight is 369 g/mol. The highest BCUT2D eigenvalue weighted by Crippen LogP contribution is 2.21. The molecule has 0 aliphatic heterocycles. The Kier molecular flexibility index (Phi) is 7.99. The lowest BCUT2D eigenvalue weighted by Crippen LogP contribution is -2.37. The van der Waals surface area contributed by atoms with Gasteiger partial charge >= 0.3 is 0 Å². The summed E-state index contributed by atoms with van der Waals surface area (Å²) in [6.07, 6.45) is 1.03. The quantitative estimate of drug-likeness (QED) is 0.552. The third-order valence-electron chi connectivity index (χ3n) is 4.69. The molecule has 0 amide bonds. The smallest absolute Gasteiger partial charge is 0.191 e. The molecule has 2 aromatic carbocycles. The number of nitrogens with one attached hydrogen (secondary N) is 2. The number of anilines is 1. The number of rotatable bonds is 8. The minimum absolute atomic E-state index is 0.472. The van der Waals surface area contributed by atoms with Gasteiger partial charge in [-0.05, 0) is 47.7 Å². The van der Waals surface area contributed by atoms with Crippen LogP contribution in [0.3, 0.4) is 0 Å². The zero-order valence-corrected chi connectivity index (χ0v) is 17.1. The van der Waals surface area contributed by atoms with Gasteiger partial charge in [0.15, 0.2) is 5.96 Å². The fourth-order valence-electron chi connectivity index (χ4n) is 2.82. The maximum absolute atomic E-state index is 5.22. The zero-order valence-electron chi connectivity index (χ0n) is 17.1. The molecule has 0 saturated carbocycles. The first kappa shape index (κ1) is 20.6. The van der Waals surface area contributed by atoms with Crippen LogP contribution in [-0.4, -0.2) is 40.8 Å². The molecular formula is C22H32N4O. The number of ether oxygens (including phenoxy) is 1. The van der Waals surface area contributed by atoms with Gasteiger partial charge in [0, 0.05) is 39.9 Å². The van der Waals surface area contributed by atoms with Crippen molar-refractivity contribution in [1.29, 1.82) is 0 Å². The number of guanidine groups is 1. The Morgan fingerprint density at radius 3 is 2.26 bits per heavy atom. The number of methoxy groups -OCH3 is 1. The Labute approximate surface area is 163 Å². The average Bonchev–Trinajstić information content (AvgIpc) is 2.70. The summed E-state index contributed by atoms with van der Waals surface area (Å²) in [7, 11) is 7.59. The van der Waals surface area contributed by atoms with E-state index in [0.717, 1.165) is 31.2 Å². The van der Waals surface area contributed by atoms with Gasteiger partial charge in [0.25, 0.3) is 0 Å². The van der Waals surface area contributed by atoms with E-state index in [9.17, 15) is 0 Å². The van der Waals surface area contributed by atoms with Gasteiger partial charge < -0.3 is 20.3 Å². The van der Waals surface area contributed by atoms with Gasteiger partial charge in [0.05, 0.1) is 7.11 Å². The summed E-state index contributed by atoms with van der Waals surface area (Å²) in [6, 6.07) is 16.8. The fourth-order valence-corrected chi connectivity index (χ4v) is 2.82. The first-order valence-corrected chi connectivity index (χ1v) is 9.38. The van der Waals surface area contributed by atoms with Gasteiger partial charge in [-0.15, -0.1) is 0 Å². The molecule has 2 rings (SSSR count). The van der Waals surface area contributed by atoms with E-state index >= 15 is 0 Å². The van der Waals surface area contributed by atoms with Crippen molar-refractivity contribution in [3.05, 3.63) is 59.7 Å². The molecule has 5 heteroatoms. The molecule has 1 unspecified atom stereocenters. The fraction of sp³-hybridized carbons (Fsp3) is 0.409. The molecule has 27 heavy (non-hydrogen) atoms. The molecule has 146 valence electrons. The van der Waals surface area contributed by atoms with Crippen LogP contribution < -0.4 is 20.3 Å². The van der Waals surface area contributed by atoms with Crippen molar-refractivity contribution >= 4 is 11.6 Å². The highest BCUT2D eigenvalue weighted by atomic mass is 16.5. The van der Waals surface area contributed by atoms with Gasteiger partial charge in [0.1, 0.15) is 5.75 Å². The summed E-state index contributed by atoms with van der Waals surface area (Å²) in [5.41, 5.74) is 3.76. The second kappa shape index (κ2) is 10.5. The van der Waals surface area contributed by atoms with E-state index in [4.69, 9.17) is 4.74 Å². The maximum Gasteiger partial charge on any atom is 0.191 e. The predicted octanol–water partition coefficient (Wildman–Crippen LogP) is 3.62. The van der Waals surface area contributed by atoms with Crippen LogP contribution in [0.25, 0.3) is 0 Å². The van der Waals surface area contributed by atoms with E-state index in [1.165, 1.54) is 16.8 Å². The lowest BCUT2D eigenvalue weighted by molar-refractivity contribution is 0.414. The Morgan fingerprint density at radius 1 is 1.04 bits per heavy atom. The second-order valence-corrected chi connectivity index (χ2v) is 6.88. The van der Waals surface area contributed by atoms with Crippen molar-refractivity contribution in [3.8, 4) is 5.75 Å². The number of hydrogen-bond donors (Lipinski definition) is 2. The van der Waals surface area contributed by atoms with E-state index < -0.39 is 0 Å². The SMILES string of the molecule is CN=C(NCCC(C)c1ccc(OC)cc1)NCc1ccc(N(C)C)cc1. The molecule has 0 radical (unpaired) electrons. The van der Waals surface area contributed by atoms with Gasteiger partial charge in [-0.25, -0.2) is 0 Å². The van der Waals surface area contributed by atoms with Crippen LogP contribution in [0.4, 0.5) is 5.69 Å². The van der Waals surface area contributed by atoms with E-state index in [-0.39, 0.29) is 0 Å².